The second-order valence-corrected chi connectivity index (χ2v) is 6.29. The molecule has 2 rings (SSSR count). The molecule has 112 valence electrons. The zero-order valence-corrected chi connectivity index (χ0v) is 12.9. The maximum absolute atomic E-state index is 12.0. The first-order chi connectivity index (χ1) is 9.60. The molecular weight excluding hydrogens is 274 g/mol. The summed E-state index contributed by atoms with van der Waals surface area (Å²) in [4.78, 5) is 18.2. The Morgan fingerprint density at radius 3 is 3.10 bits per heavy atom. The number of hydrogen-bond donors (Lipinski definition) is 2. The molecule has 0 aromatic carbocycles. The SMILES string of the molecule is CCc1nc(CCNC(=O)N2CCC(C)C(O)C2)cs1. The van der Waals surface area contributed by atoms with Crippen LogP contribution in [0.4, 0.5) is 4.79 Å². The van der Waals surface area contributed by atoms with Gasteiger partial charge in [0.05, 0.1) is 16.8 Å². The van der Waals surface area contributed by atoms with Crippen LogP contribution in [0, 0.1) is 5.92 Å². The number of amides is 2. The number of nitrogens with one attached hydrogen (secondary N) is 1. The molecule has 20 heavy (non-hydrogen) atoms. The third-order valence-electron chi connectivity index (χ3n) is 3.76. The van der Waals surface area contributed by atoms with Crippen molar-refractivity contribution in [3.05, 3.63) is 16.1 Å². The molecule has 1 aromatic rings. The Kier molecular flexibility index (Phi) is 5.37. The average molecular weight is 297 g/mol. The first kappa shape index (κ1) is 15.3. The lowest BCUT2D eigenvalue weighted by Crippen LogP contribution is -2.49. The number of aliphatic hydroxyl groups excluding tert-OH is 1. The van der Waals surface area contributed by atoms with E-state index in [-0.39, 0.29) is 11.9 Å². The number of likely N-dealkylation sites (tertiary alicyclic amines) is 1. The van der Waals surface area contributed by atoms with Gasteiger partial charge in [-0.25, -0.2) is 9.78 Å². The van der Waals surface area contributed by atoms with Gasteiger partial charge in [-0.1, -0.05) is 13.8 Å². The van der Waals surface area contributed by atoms with Crippen LogP contribution in [0.15, 0.2) is 5.38 Å². The fourth-order valence-corrected chi connectivity index (χ4v) is 3.05. The molecule has 0 aliphatic carbocycles. The third-order valence-corrected chi connectivity index (χ3v) is 4.81. The summed E-state index contributed by atoms with van der Waals surface area (Å²) in [5.74, 6) is 0.279. The zero-order chi connectivity index (χ0) is 14.5. The summed E-state index contributed by atoms with van der Waals surface area (Å²) in [6, 6.07) is -0.0816. The standard InChI is InChI=1S/C14H23N3O2S/c1-3-13-16-11(9-20-13)4-6-15-14(19)17-7-5-10(2)12(18)8-17/h9-10,12,18H,3-8H2,1-2H3,(H,15,19). The van der Waals surface area contributed by atoms with Crippen LogP contribution >= 0.6 is 11.3 Å². The number of piperidine rings is 1. The highest BCUT2D eigenvalue weighted by Crippen LogP contribution is 2.16. The van der Waals surface area contributed by atoms with E-state index < -0.39 is 6.10 Å². The van der Waals surface area contributed by atoms with Crippen molar-refractivity contribution in [1.29, 1.82) is 0 Å². The van der Waals surface area contributed by atoms with E-state index >= 15 is 0 Å². The fraction of sp³-hybridized carbons (Fsp3) is 0.714. The monoisotopic (exact) mass is 297 g/mol. The van der Waals surface area contributed by atoms with Gasteiger partial charge in [0.15, 0.2) is 0 Å². The van der Waals surface area contributed by atoms with Crippen LogP contribution in [0.5, 0.6) is 0 Å². The second-order valence-electron chi connectivity index (χ2n) is 5.35. The molecule has 1 aliphatic heterocycles. The van der Waals surface area contributed by atoms with Crippen LogP contribution in [-0.4, -0.2) is 46.8 Å². The summed E-state index contributed by atoms with van der Waals surface area (Å²) in [5.41, 5.74) is 1.04. The lowest BCUT2D eigenvalue weighted by Gasteiger charge is -2.34. The first-order valence-electron chi connectivity index (χ1n) is 7.24. The molecule has 0 radical (unpaired) electrons. The minimum atomic E-state index is -0.403. The predicted molar refractivity (Wildman–Crippen MR) is 80.0 cm³/mol. The van der Waals surface area contributed by atoms with E-state index in [0.29, 0.717) is 13.1 Å². The molecule has 1 aromatic heterocycles. The molecule has 1 aliphatic rings. The lowest BCUT2D eigenvalue weighted by molar-refractivity contribution is 0.0436. The molecule has 2 heterocycles. The molecular formula is C14H23N3O2S. The van der Waals surface area contributed by atoms with Crippen LogP contribution in [0.1, 0.15) is 31.0 Å². The molecule has 1 fully saturated rings. The molecule has 2 amide bonds. The molecule has 2 atom stereocenters. The summed E-state index contributed by atoms with van der Waals surface area (Å²) in [5, 5.41) is 15.9. The van der Waals surface area contributed by atoms with Gasteiger partial charge in [0.1, 0.15) is 0 Å². The molecule has 6 heteroatoms. The highest BCUT2D eigenvalue weighted by molar-refractivity contribution is 7.09. The van der Waals surface area contributed by atoms with Crippen molar-refractivity contribution in [3.63, 3.8) is 0 Å². The van der Waals surface area contributed by atoms with Crippen molar-refractivity contribution in [2.75, 3.05) is 19.6 Å². The van der Waals surface area contributed by atoms with Crippen LogP contribution in [0.3, 0.4) is 0 Å². The minimum Gasteiger partial charge on any atom is -0.391 e. The summed E-state index contributed by atoms with van der Waals surface area (Å²) in [6.07, 6.45) is 2.18. The van der Waals surface area contributed by atoms with Crippen LogP contribution in [-0.2, 0) is 12.8 Å². The number of aryl methyl sites for hydroxylation is 1. The first-order valence-corrected chi connectivity index (χ1v) is 8.12. The molecule has 5 nitrogen and oxygen atoms in total. The zero-order valence-electron chi connectivity index (χ0n) is 12.1. The number of rotatable bonds is 4. The molecule has 1 saturated heterocycles. The maximum Gasteiger partial charge on any atom is 0.317 e. The molecule has 2 N–H and O–H groups in total. The quantitative estimate of drug-likeness (QED) is 0.888. The van der Waals surface area contributed by atoms with E-state index in [9.17, 15) is 9.90 Å². The maximum atomic E-state index is 12.0. The van der Waals surface area contributed by atoms with E-state index in [2.05, 4.69) is 22.6 Å². The number of aliphatic hydroxyl groups is 1. The van der Waals surface area contributed by atoms with Crippen molar-refractivity contribution in [1.82, 2.24) is 15.2 Å². The van der Waals surface area contributed by atoms with E-state index in [1.807, 2.05) is 6.92 Å². The number of carbonyl (C=O) groups is 1. The Bertz CT molecular complexity index is 449. The summed E-state index contributed by atoms with van der Waals surface area (Å²) in [7, 11) is 0. The smallest absolute Gasteiger partial charge is 0.317 e. The molecule has 0 spiro atoms. The van der Waals surface area contributed by atoms with Crippen LogP contribution in [0.2, 0.25) is 0 Å². The predicted octanol–water partition coefficient (Wildman–Crippen LogP) is 1.66. The number of aromatic nitrogens is 1. The average Bonchev–Trinajstić information content (AvgIpc) is 2.89. The molecule has 0 saturated carbocycles. The summed E-state index contributed by atoms with van der Waals surface area (Å²) < 4.78 is 0. The lowest BCUT2D eigenvalue weighted by atomic mass is 9.96. The topological polar surface area (TPSA) is 65.5 Å². The Labute approximate surface area is 124 Å². The normalized spacial score (nSPS) is 22.9. The van der Waals surface area contributed by atoms with Gasteiger partial charge in [0.2, 0.25) is 0 Å². The minimum absolute atomic E-state index is 0.0816. The van der Waals surface area contributed by atoms with Gasteiger partial charge in [-0.3, -0.25) is 0 Å². The number of nitrogens with zero attached hydrogens (tertiary/aromatic N) is 2. The Balaban J connectivity index is 1.72. The Morgan fingerprint density at radius 1 is 1.65 bits per heavy atom. The van der Waals surface area contributed by atoms with E-state index in [0.717, 1.165) is 36.5 Å². The number of urea groups is 1. The van der Waals surface area contributed by atoms with Gasteiger partial charge in [-0.2, -0.15) is 0 Å². The third kappa shape index (κ3) is 3.93. The highest BCUT2D eigenvalue weighted by atomic mass is 32.1. The van der Waals surface area contributed by atoms with E-state index in [1.54, 1.807) is 16.2 Å². The van der Waals surface area contributed by atoms with Crippen molar-refractivity contribution < 1.29 is 9.90 Å². The largest absolute Gasteiger partial charge is 0.391 e. The van der Waals surface area contributed by atoms with Gasteiger partial charge in [0, 0.05) is 31.4 Å². The molecule has 0 bridgehead atoms. The van der Waals surface area contributed by atoms with Crippen LogP contribution in [0.25, 0.3) is 0 Å². The van der Waals surface area contributed by atoms with Crippen molar-refractivity contribution in [3.8, 4) is 0 Å². The number of thiazole rings is 1. The van der Waals surface area contributed by atoms with E-state index in [1.165, 1.54) is 0 Å². The van der Waals surface area contributed by atoms with Crippen molar-refractivity contribution >= 4 is 17.4 Å². The van der Waals surface area contributed by atoms with Gasteiger partial charge in [-0.05, 0) is 18.8 Å². The fourth-order valence-electron chi connectivity index (χ4n) is 2.27. The van der Waals surface area contributed by atoms with Gasteiger partial charge in [0.25, 0.3) is 0 Å². The van der Waals surface area contributed by atoms with Gasteiger partial charge >= 0.3 is 6.03 Å². The highest BCUT2D eigenvalue weighted by Gasteiger charge is 2.26. The van der Waals surface area contributed by atoms with Gasteiger partial charge < -0.3 is 15.3 Å². The second kappa shape index (κ2) is 7.04. The molecule has 2 unspecified atom stereocenters. The number of hydrogen-bond acceptors (Lipinski definition) is 4. The van der Waals surface area contributed by atoms with Crippen LogP contribution < -0.4 is 5.32 Å². The van der Waals surface area contributed by atoms with E-state index in [4.69, 9.17) is 0 Å². The summed E-state index contributed by atoms with van der Waals surface area (Å²) in [6.45, 7) is 5.86. The summed E-state index contributed by atoms with van der Waals surface area (Å²) >= 11 is 1.67. The number of β-amino-alcohol motifs (C(OH)–C–C–N with tert-alkyl or cyclic N) is 1. The Morgan fingerprint density at radius 2 is 2.45 bits per heavy atom. The Hall–Kier alpha value is -1.14. The van der Waals surface area contributed by atoms with Crippen molar-refractivity contribution in [2.24, 2.45) is 5.92 Å². The van der Waals surface area contributed by atoms with Crippen molar-refractivity contribution in [2.45, 2.75) is 39.2 Å². The number of carbonyl (C=O) groups excluding carboxylic acids is 1. The van der Waals surface area contributed by atoms with Gasteiger partial charge in [-0.15, -0.1) is 11.3 Å².